The van der Waals surface area contributed by atoms with E-state index in [1.54, 1.807) is 0 Å². The Hall–Kier alpha value is -2.87. The van der Waals surface area contributed by atoms with Gasteiger partial charge in [-0.3, -0.25) is 0 Å². The molecule has 24 heavy (non-hydrogen) atoms. The van der Waals surface area contributed by atoms with E-state index in [1.807, 2.05) is 0 Å². The summed E-state index contributed by atoms with van der Waals surface area (Å²) < 4.78 is 2.16. The highest BCUT2D eigenvalue weighted by Gasteiger charge is 2.15. The number of benzene rings is 2. The molecule has 0 fully saturated rings. The van der Waals surface area contributed by atoms with Gasteiger partial charge >= 0.3 is 0 Å². The highest BCUT2D eigenvalue weighted by atomic mass is 15.1. The third kappa shape index (κ3) is 2.41. The summed E-state index contributed by atoms with van der Waals surface area (Å²) in [5, 5.41) is 1.27. The summed E-state index contributed by atoms with van der Waals surface area (Å²) in [5.41, 5.74) is 7.50. The van der Waals surface area contributed by atoms with Crippen LogP contribution in [0.15, 0.2) is 66.5 Å². The van der Waals surface area contributed by atoms with Gasteiger partial charge in [0.2, 0.25) is 5.52 Å². The first-order chi connectivity index (χ1) is 11.6. The molecule has 0 saturated heterocycles. The molecule has 0 N–H and O–H groups in total. The normalized spacial score (nSPS) is 15.1. The van der Waals surface area contributed by atoms with Crippen LogP contribution in [0, 0.1) is 6.92 Å². The Labute approximate surface area is 143 Å². The summed E-state index contributed by atoms with van der Waals surface area (Å²) in [6, 6.07) is 17.3. The summed E-state index contributed by atoms with van der Waals surface area (Å²) in [4.78, 5) is 2.26. The van der Waals surface area contributed by atoms with E-state index in [0.29, 0.717) is 0 Å². The molecular formula is C22H21N2+. The molecule has 1 aliphatic rings. The molecular weight excluding hydrogens is 292 g/mol. The number of nitrogens with zero attached hydrogens (tertiary/aromatic N) is 2. The molecule has 1 aliphatic heterocycles. The lowest BCUT2D eigenvalue weighted by molar-refractivity contribution is -0.644. The summed E-state index contributed by atoms with van der Waals surface area (Å²) in [5.74, 6) is 0. The third-order valence-corrected chi connectivity index (χ3v) is 4.74. The molecule has 0 radical (unpaired) electrons. The van der Waals surface area contributed by atoms with Crippen molar-refractivity contribution in [1.29, 1.82) is 0 Å². The molecule has 0 aliphatic carbocycles. The van der Waals surface area contributed by atoms with Gasteiger partial charge in [0.1, 0.15) is 7.05 Å². The van der Waals surface area contributed by atoms with Crippen LogP contribution in [0.1, 0.15) is 16.7 Å². The molecule has 0 saturated carbocycles. The van der Waals surface area contributed by atoms with E-state index < -0.39 is 0 Å². The van der Waals surface area contributed by atoms with E-state index in [2.05, 4.69) is 103 Å². The van der Waals surface area contributed by atoms with E-state index in [4.69, 9.17) is 0 Å². The fraction of sp³-hybridized carbons (Fsp3) is 0.136. The standard InChI is InChI=1S/C22H21N2/c1-16-8-11-21-18(14-16)9-10-19(24(21)3)15-17-12-13-23(2)22-7-5-4-6-20(17)22/h4-15H,1-3H3/q+1. The molecule has 2 heterocycles. The highest BCUT2D eigenvalue weighted by molar-refractivity contribution is 5.88. The minimum Gasteiger partial charge on any atom is -0.344 e. The minimum atomic E-state index is 1.20. The van der Waals surface area contributed by atoms with Crippen molar-refractivity contribution in [2.24, 2.45) is 7.05 Å². The van der Waals surface area contributed by atoms with E-state index in [1.165, 1.54) is 39.0 Å². The highest BCUT2D eigenvalue weighted by Crippen LogP contribution is 2.31. The van der Waals surface area contributed by atoms with Crippen molar-refractivity contribution in [3.63, 3.8) is 0 Å². The number of aromatic nitrogens is 1. The van der Waals surface area contributed by atoms with Crippen LogP contribution in [-0.4, -0.2) is 7.05 Å². The molecule has 2 nitrogen and oxygen atoms in total. The monoisotopic (exact) mass is 313 g/mol. The Morgan fingerprint density at radius 3 is 2.71 bits per heavy atom. The quantitative estimate of drug-likeness (QED) is 0.601. The predicted molar refractivity (Wildman–Crippen MR) is 102 cm³/mol. The molecule has 0 spiro atoms. The van der Waals surface area contributed by atoms with Gasteiger partial charge in [-0.25, -0.2) is 4.57 Å². The van der Waals surface area contributed by atoms with Crippen LogP contribution in [0.3, 0.4) is 0 Å². The average Bonchev–Trinajstić information content (AvgIpc) is 2.60. The second-order valence-corrected chi connectivity index (χ2v) is 6.42. The maximum absolute atomic E-state index is 2.27. The molecule has 3 aromatic rings. The Kier molecular flexibility index (Phi) is 3.46. The summed E-state index contributed by atoms with van der Waals surface area (Å²) in [6.07, 6.45) is 8.79. The maximum atomic E-state index is 2.27. The first-order valence-corrected chi connectivity index (χ1v) is 8.25. The lowest BCUT2D eigenvalue weighted by Gasteiger charge is -2.26. The van der Waals surface area contributed by atoms with Crippen LogP contribution in [0.5, 0.6) is 0 Å². The van der Waals surface area contributed by atoms with E-state index in [0.717, 1.165) is 0 Å². The molecule has 2 heteroatoms. The van der Waals surface area contributed by atoms with E-state index in [9.17, 15) is 0 Å². The molecule has 4 rings (SSSR count). The first kappa shape index (κ1) is 14.7. The lowest BCUT2D eigenvalue weighted by atomic mass is 10.0. The van der Waals surface area contributed by atoms with Crippen molar-refractivity contribution in [3.8, 4) is 0 Å². The van der Waals surface area contributed by atoms with Gasteiger partial charge in [0.25, 0.3) is 0 Å². The van der Waals surface area contributed by atoms with Gasteiger partial charge in [0.15, 0.2) is 6.20 Å². The first-order valence-electron chi connectivity index (χ1n) is 8.25. The smallest absolute Gasteiger partial charge is 0.212 e. The molecule has 0 bridgehead atoms. The summed E-state index contributed by atoms with van der Waals surface area (Å²) in [6.45, 7) is 2.13. The van der Waals surface area contributed by atoms with Crippen LogP contribution in [0.4, 0.5) is 5.69 Å². The number of likely N-dealkylation sites (N-methyl/N-ethyl adjacent to an activating group) is 1. The Bertz CT molecular complexity index is 996. The van der Waals surface area contributed by atoms with Gasteiger partial charge in [0, 0.05) is 30.6 Å². The Morgan fingerprint density at radius 2 is 1.83 bits per heavy atom. The Morgan fingerprint density at radius 1 is 1.00 bits per heavy atom. The lowest BCUT2D eigenvalue weighted by Crippen LogP contribution is -2.28. The number of hydrogen-bond donors (Lipinski definition) is 0. The average molecular weight is 313 g/mol. The number of para-hydroxylation sites is 1. The van der Waals surface area contributed by atoms with Gasteiger partial charge in [-0.15, -0.1) is 0 Å². The molecule has 0 unspecified atom stereocenters. The number of allylic oxidation sites excluding steroid dienone is 1. The zero-order valence-electron chi connectivity index (χ0n) is 14.3. The summed E-state index contributed by atoms with van der Waals surface area (Å²) >= 11 is 0. The molecule has 0 atom stereocenters. The number of rotatable bonds is 1. The zero-order valence-corrected chi connectivity index (χ0v) is 14.3. The van der Waals surface area contributed by atoms with Gasteiger partial charge in [-0.05, 0) is 48.4 Å². The predicted octanol–water partition coefficient (Wildman–Crippen LogP) is 4.48. The van der Waals surface area contributed by atoms with Crippen molar-refractivity contribution in [1.82, 2.24) is 0 Å². The van der Waals surface area contributed by atoms with Crippen LogP contribution in [-0.2, 0) is 7.05 Å². The van der Waals surface area contributed by atoms with E-state index in [-0.39, 0.29) is 0 Å². The van der Waals surface area contributed by atoms with Crippen LogP contribution in [0.2, 0.25) is 0 Å². The topological polar surface area (TPSA) is 7.12 Å². The SMILES string of the molecule is Cc1ccc2c(c1)C=C/C(=C\c1cc[n+](C)c3ccccc13)N2C. The van der Waals surface area contributed by atoms with Gasteiger partial charge < -0.3 is 4.90 Å². The number of anilines is 1. The second kappa shape index (κ2) is 5.64. The van der Waals surface area contributed by atoms with Gasteiger partial charge in [-0.2, -0.15) is 0 Å². The second-order valence-electron chi connectivity index (χ2n) is 6.42. The third-order valence-electron chi connectivity index (χ3n) is 4.74. The van der Waals surface area contributed by atoms with Crippen LogP contribution >= 0.6 is 0 Å². The van der Waals surface area contributed by atoms with Crippen molar-refractivity contribution in [3.05, 3.63) is 83.2 Å². The summed E-state index contributed by atoms with van der Waals surface area (Å²) in [7, 11) is 4.22. The van der Waals surface area contributed by atoms with Crippen LogP contribution in [0.25, 0.3) is 23.1 Å². The maximum Gasteiger partial charge on any atom is 0.212 e. The largest absolute Gasteiger partial charge is 0.344 e. The van der Waals surface area contributed by atoms with Crippen molar-refractivity contribution < 1.29 is 4.57 Å². The number of pyridine rings is 1. The Balaban J connectivity index is 1.84. The number of aryl methyl sites for hydroxylation is 2. The van der Waals surface area contributed by atoms with Crippen LogP contribution < -0.4 is 9.47 Å². The van der Waals surface area contributed by atoms with Crippen molar-refractivity contribution >= 4 is 28.7 Å². The fourth-order valence-corrected chi connectivity index (χ4v) is 3.36. The van der Waals surface area contributed by atoms with E-state index >= 15 is 0 Å². The molecule has 2 aromatic carbocycles. The molecule has 1 aromatic heterocycles. The van der Waals surface area contributed by atoms with Gasteiger partial charge in [0.05, 0.1) is 5.39 Å². The van der Waals surface area contributed by atoms with Gasteiger partial charge in [-0.1, -0.05) is 29.8 Å². The zero-order chi connectivity index (χ0) is 16.7. The fourth-order valence-electron chi connectivity index (χ4n) is 3.36. The number of hydrogen-bond acceptors (Lipinski definition) is 1. The molecule has 0 amide bonds. The van der Waals surface area contributed by atoms with Crippen molar-refractivity contribution in [2.75, 3.05) is 11.9 Å². The molecule has 118 valence electrons. The number of fused-ring (bicyclic) bond motifs is 2. The minimum absolute atomic E-state index is 1.20. The van der Waals surface area contributed by atoms with Crippen molar-refractivity contribution in [2.45, 2.75) is 6.92 Å².